The second-order valence-corrected chi connectivity index (χ2v) is 6.20. The molecule has 7 nitrogen and oxygen atoms in total. The topological polar surface area (TPSA) is 97.4 Å². The highest BCUT2D eigenvalue weighted by molar-refractivity contribution is 6.34. The summed E-state index contributed by atoms with van der Waals surface area (Å²) in [6, 6.07) is 9.19. The minimum atomic E-state index is -0.547. The van der Waals surface area contributed by atoms with E-state index < -0.39 is 11.9 Å². The number of anilines is 1. The quantitative estimate of drug-likeness (QED) is 0.785. The van der Waals surface area contributed by atoms with Crippen molar-refractivity contribution in [3.8, 4) is 0 Å². The zero-order chi connectivity index (χ0) is 18.7. The molecule has 0 bridgehead atoms. The molecule has 0 saturated heterocycles. The van der Waals surface area contributed by atoms with E-state index in [-0.39, 0.29) is 39.6 Å². The van der Waals surface area contributed by atoms with Crippen molar-refractivity contribution in [2.24, 2.45) is 0 Å². The number of amides is 2. The molecule has 134 valence electrons. The first kappa shape index (κ1) is 17.9. The van der Waals surface area contributed by atoms with Crippen LogP contribution >= 0.6 is 11.6 Å². The molecule has 2 N–H and O–H groups in total. The van der Waals surface area contributed by atoms with Crippen molar-refractivity contribution in [3.63, 3.8) is 0 Å². The average molecular weight is 374 g/mol. The molecule has 26 heavy (non-hydrogen) atoms. The van der Waals surface area contributed by atoms with Crippen molar-refractivity contribution in [1.82, 2.24) is 10.3 Å². The van der Waals surface area contributed by atoms with Crippen molar-refractivity contribution >= 4 is 35.1 Å². The molecular formula is C18H16ClN3O4. The van der Waals surface area contributed by atoms with Crippen LogP contribution in [0, 0.1) is 0 Å². The molecule has 1 aromatic heterocycles. The summed E-state index contributed by atoms with van der Waals surface area (Å²) in [5.74, 6) is -1.41. The molecular weight excluding hydrogens is 358 g/mol. The second kappa shape index (κ2) is 7.53. The van der Waals surface area contributed by atoms with Gasteiger partial charge in [-0.2, -0.15) is 0 Å². The van der Waals surface area contributed by atoms with Gasteiger partial charge < -0.3 is 15.4 Å². The summed E-state index contributed by atoms with van der Waals surface area (Å²) in [5, 5.41) is 5.67. The Bertz CT molecular complexity index is 880. The van der Waals surface area contributed by atoms with E-state index in [1.165, 1.54) is 31.4 Å². The zero-order valence-corrected chi connectivity index (χ0v) is 14.7. The van der Waals surface area contributed by atoms with Crippen LogP contribution in [0.2, 0.25) is 5.02 Å². The predicted octanol–water partition coefficient (Wildman–Crippen LogP) is 2.67. The molecule has 1 heterocycles. The molecule has 2 aromatic rings. The fourth-order valence-corrected chi connectivity index (χ4v) is 2.39. The third kappa shape index (κ3) is 4.18. The molecule has 2 amide bonds. The Balaban J connectivity index is 1.77. The van der Waals surface area contributed by atoms with Gasteiger partial charge in [-0.1, -0.05) is 17.7 Å². The van der Waals surface area contributed by atoms with Gasteiger partial charge in [0, 0.05) is 6.04 Å². The number of nitrogens with one attached hydrogen (secondary N) is 2. The molecule has 1 aliphatic rings. The van der Waals surface area contributed by atoms with E-state index >= 15 is 0 Å². The van der Waals surface area contributed by atoms with E-state index in [0.29, 0.717) is 0 Å². The Hall–Kier alpha value is -2.93. The molecule has 3 rings (SSSR count). The molecule has 8 heteroatoms. The predicted molar refractivity (Wildman–Crippen MR) is 95.5 cm³/mol. The Morgan fingerprint density at radius 1 is 1.12 bits per heavy atom. The van der Waals surface area contributed by atoms with Crippen LogP contribution in [-0.4, -0.2) is 35.9 Å². The molecule has 0 aliphatic heterocycles. The number of nitrogens with zero attached hydrogens (tertiary/aromatic N) is 1. The van der Waals surface area contributed by atoms with E-state index in [9.17, 15) is 14.4 Å². The number of halogens is 1. The monoisotopic (exact) mass is 373 g/mol. The summed E-state index contributed by atoms with van der Waals surface area (Å²) < 4.78 is 4.65. The van der Waals surface area contributed by atoms with Gasteiger partial charge in [0.1, 0.15) is 11.4 Å². The fourth-order valence-electron chi connectivity index (χ4n) is 2.23. The van der Waals surface area contributed by atoms with E-state index in [4.69, 9.17) is 11.6 Å². The Morgan fingerprint density at radius 3 is 2.46 bits per heavy atom. The Labute approximate surface area is 154 Å². The lowest BCUT2D eigenvalue weighted by molar-refractivity contribution is 0.0600. The summed E-state index contributed by atoms with van der Waals surface area (Å²) in [4.78, 5) is 40.2. The summed E-state index contributed by atoms with van der Waals surface area (Å²) in [6.07, 6.45) is 1.92. The van der Waals surface area contributed by atoms with E-state index in [2.05, 4.69) is 20.4 Å². The van der Waals surface area contributed by atoms with Gasteiger partial charge in [-0.05, 0) is 43.2 Å². The van der Waals surface area contributed by atoms with Gasteiger partial charge in [0.05, 0.1) is 23.4 Å². The normalized spacial score (nSPS) is 13.0. The summed E-state index contributed by atoms with van der Waals surface area (Å²) in [6.45, 7) is 0. The first-order valence-electron chi connectivity index (χ1n) is 7.95. The van der Waals surface area contributed by atoms with Crippen LogP contribution in [0.25, 0.3) is 0 Å². The summed E-state index contributed by atoms with van der Waals surface area (Å²) in [5.41, 5.74) is 0.721. The minimum Gasteiger partial charge on any atom is -0.465 e. The van der Waals surface area contributed by atoms with E-state index in [1.54, 1.807) is 12.1 Å². The number of pyridine rings is 1. The van der Waals surface area contributed by atoms with Crippen LogP contribution < -0.4 is 10.6 Å². The number of hydrogen-bond acceptors (Lipinski definition) is 5. The molecule has 0 unspecified atom stereocenters. The maximum absolute atomic E-state index is 12.4. The first-order chi connectivity index (χ1) is 12.5. The van der Waals surface area contributed by atoms with Gasteiger partial charge in [-0.15, -0.1) is 0 Å². The molecule has 1 fully saturated rings. The number of methoxy groups -OCH3 is 1. The van der Waals surface area contributed by atoms with Gasteiger partial charge in [0.2, 0.25) is 0 Å². The van der Waals surface area contributed by atoms with E-state index in [1.807, 2.05) is 0 Å². The van der Waals surface area contributed by atoms with Gasteiger partial charge in [-0.3, -0.25) is 9.59 Å². The fraction of sp³-hybridized carbons (Fsp3) is 0.222. The number of carbonyl (C=O) groups excluding carboxylic acids is 3. The zero-order valence-electron chi connectivity index (χ0n) is 13.9. The number of rotatable bonds is 5. The first-order valence-corrected chi connectivity index (χ1v) is 8.33. The average Bonchev–Trinajstić information content (AvgIpc) is 3.46. The Kier molecular flexibility index (Phi) is 5.18. The standard InChI is InChI=1S/C18H16ClN3O4/c1-26-18(25)10-5-8-12(19)15(9-10)22-17(24)14-4-2-3-13(21-14)16(23)20-11-6-7-11/h2-5,8-9,11H,6-7H2,1H3,(H,20,23)(H,22,24). The van der Waals surface area contributed by atoms with Crippen LogP contribution in [0.1, 0.15) is 44.2 Å². The Morgan fingerprint density at radius 2 is 1.81 bits per heavy atom. The van der Waals surface area contributed by atoms with Gasteiger partial charge in [0.25, 0.3) is 11.8 Å². The van der Waals surface area contributed by atoms with E-state index in [0.717, 1.165) is 12.8 Å². The smallest absolute Gasteiger partial charge is 0.337 e. The summed E-state index contributed by atoms with van der Waals surface area (Å²) >= 11 is 6.07. The number of hydrogen-bond donors (Lipinski definition) is 2. The minimum absolute atomic E-state index is 0.0629. The van der Waals surface area contributed by atoms with Crippen LogP contribution in [0.15, 0.2) is 36.4 Å². The van der Waals surface area contributed by atoms with Crippen molar-refractivity contribution in [3.05, 3.63) is 58.4 Å². The van der Waals surface area contributed by atoms with Crippen molar-refractivity contribution < 1.29 is 19.1 Å². The lowest BCUT2D eigenvalue weighted by Crippen LogP contribution is -2.27. The van der Waals surface area contributed by atoms with Crippen LogP contribution in [0.4, 0.5) is 5.69 Å². The SMILES string of the molecule is COC(=O)c1ccc(Cl)c(NC(=O)c2cccc(C(=O)NC3CC3)n2)c1. The third-order valence-corrected chi connectivity index (χ3v) is 4.09. The number of carbonyl (C=O) groups is 3. The number of ether oxygens (including phenoxy) is 1. The van der Waals surface area contributed by atoms with Gasteiger partial charge >= 0.3 is 5.97 Å². The number of aromatic nitrogens is 1. The molecule has 0 spiro atoms. The maximum atomic E-state index is 12.4. The molecule has 1 aromatic carbocycles. The second-order valence-electron chi connectivity index (χ2n) is 5.80. The maximum Gasteiger partial charge on any atom is 0.337 e. The van der Waals surface area contributed by atoms with Gasteiger partial charge in [0.15, 0.2) is 0 Å². The lowest BCUT2D eigenvalue weighted by atomic mass is 10.2. The number of esters is 1. The van der Waals surface area contributed by atoms with Crippen molar-refractivity contribution in [1.29, 1.82) is 0 Å². The highest BCUT2D eigenvalue weighted by atomic mass is 35.5. The molecule has 1 saturated carbocycles. The highest BCUT2D eigenvalue weighted by Crippen LogP contribution is 2.24. The van der Waals surface area contributed by atoms with Crippen molar-refractivity contribution in [2.75, 3.05) is 12.4 Å². The van der Waals surface area contributed by atoms with Crippen LogP contribution in [-0.2, 0) is 4.74 Å². The molecule has 0 radical (unpaired) electrons. The largest absolute Gasteiger partial charge is 0.465 e. The highest BCUT2D eigenvalue weighted by Gasteiger charge is 2.24. The van der Waals surface area contributed by atoms with Crippen LogP contribution in [0.3, 0.4) is 0 Å². The van der Waals surface area contributed by atoms with Crippen LogP contribution in [0.5, 0.6) is 0 Å². The third-order valence-electron chi connectivity index (χ3n) is 3.76. The van der Waals surface area contributed by atoms with Crippen molar-refractivity contribution in [2.45, 2.75) is 18.9 Å². The lowest BCUT2D eigenvalue weighted by Gasteiger charge is -2.09. The summed E-state index contributed by atoms with van der Waals surface area (Å²) in [7, 11) is 1.26. The molecule has 1 aliphatic carbocycles. The molecule has 0 atom stereocenters. The number of benzene rings is 1. The van der Waals surface area contributed by atoms with Gasteiger partial charge in [-0.25, -0.2) is 9.78 Å².